The molecule has 162 valence electrons. The molecule has 0 radical (unpaired) electrons. The minimum Gasteiger partial charge on any atom is -0.741 e. The Balaban J connectivity index is 0.000000828. The van der Waals surface area contributed by atoms with E-state index < -0.39 is 23.7 Å². The Morgan fingerprint density at radius 1 is 1.10 bits per heavy atom. The summed E-state index contributed by atoms with van der Waals surface area (Å²) in [4.78, 5) is 0. The van der Waals surface area contributed by atoms with Gasteiger partial charge in [-0.15, -0.1) is 12.0 Å². The Labute approximate surface area is 173 Å². The van der Waals surface area contributed by atoms with E-state index in [1.807, 2.05) is 22.9 Å². The molecule has 1 rings (SSSR count). The molecular formula is C20H28F3NO3SSi. The van der Waals surface area contributed by atoms with Gasteiger partial charge in [0.2, 0.25) is 6.54 Å². The molecule has 0 N–H and O–H groups in total. The van der Waals surface area contributed by atoms with Gasteiger partial charge in [-0.25, -0.2) is 8.42 Å². The van der Waals surface area contributed by atoms with Crippen LogP contribution in [0.1, 0.15) is 47.2 Å². The number of alkyl halides is 3. The van der Waals surface area contributed by atoms with E-state index in [0.29, 0.717) is 23.2 Å². The highest BCUT2D eigenvalue weighted by Crippen LogP contribution is 2.40. The quantitative estimate of drug-likeness (QED) is 0.228. The second kappa shape index (κ2) is 10.8. The van der Waals surface area contributed by atoms with E-state index in [0.717, 1.165) is 5.69 Å². The summed E-state index contributed by atoms with van der Waals surface area (Å²) in [7, 11) is -7.77. The van der Waals surface area contributed by atoms with Gasteiger partial charge >= 0.3 is 5.51 Å². The fraction of sp³-hybridized carbons (Fsp3) is 0.550. The van der Waals surface area contributed by atoms with Crippen molar-refractivity contribution in [3.63, 3.8) is 0 Å². The summed E-state index contributed by atoms with van der Waals surface area (Å²) >= 11 is 0. The van der Waals surface area contributed by atoms with Crippen molar-refractivity contribution >= 4 is 18.2 Å². The van der Waals surface area contributed by atoms with Gasteiger partial charge in [0.25, 0.3) is 5.69 Å². The van der Waals surface area contributed by atoms with Crippen molar-refractivity contribution in [1.82, 2.24) is 0 Å². The first-order valence-corrected chi connectivity index (χ1v) is 12.7. The molecule has 0 unspecified atom stereocenters. The van der Waals surface area contributed by atoms with Gasteiger partial charge < -0.3 is 4.55 Å². The summed E-state index contributed by atoms with van der Waals surface area (Å²) in [5, 5.41) is 0. The van der Waals surface area contributed by atoms with Crippen LogP contribution in [0.3, 0.4) is 0 Å². The Hall–Kier alpha value is -1.81. The Bertz CT molecular complexity index is 855. The Morgan fingerprint density at radius 3 is 1.90 bits per heavy atom. The van der Waals surface area contributed by atoms with E-state index in [1.165, 1.54) is 0 Å². The van der Waals surface area contributed by atoms with E-state index in [9.17, 15) is 13.2 Å². The minimum absolute atomic E-state index is 0.574. The van der Waals surface area contributed by atoms with Crippen LogP contribution in [0, 0.1) is 23.8 Å². The third-order valence-electron chi connectivity index (χ3n) is 4.76. The zero-order valence-electron chi connectivity index (χ0n) is 17.5. The van der Waals surface area contributed by atoms with Crippen molar-refractivity contribution in [3.05, 3.63) is 30.1 Å². The molecule has 1 heterocycles. The van der Waals surface area contributed by atoms with Crippen LogP contribution in [0.5, 0.6) is 0 Å². The lowest BCUT2D eigenvalue weighted by Gasteiger charge is -2.37. The van der Waals surface area contributed by atoms with Crippen molar-refractivity contribution in [1.29, 1.82) is 0 Å². The predicted molar refractivity (Wildman–Crippen MR) is 109 cm³/mol. The Kier molecular flexibility index (Phi) is 10.1. The topological polar surface area (TPSA) is 61.1 Å². The molecular weight excluding hydrogens is 419 g/mol. The number of pyridine rings is 1. The van der Waals surface area contributed by atoms with Gasteiger partial charge in [0.15, 0.2) is 16.3 Å². The van der Waals surface area contributed by atoms with Crippen LogP contribution in [0.4, 0.5) is 13.2 Å². The first-order chi connectivity index (χ1) is 13.1. The van der Waals surface area contributed by atoms with Crippen LogP contribution < -0.4 is 4.57 Å². The summed E-state index contributed by atoms with van der Waals surface area (Å²) in [5.74, 6) is 6.16. The van der Waals surface area contributed by atoms with E-state index >= 15 is 0 Å². The summed E-state index contributed by atoms with van der Waals surface area (Å²) in [6.45, 7) is 14.6. The van der Waals surface area contributed by atoms with Crippen LogP contribution in [0.25, 0.3) is 0 Å². The predicted octanol–water partition coefficient (Wildman–Crippen LogP) is 4.23. The number of aromatic nitrogens is 1. The van der Waals surface area contributed by atoms with Crippen LogP contribution in [0.15, 0.2) is 24.4 Å². The van der Waals surface area contributed by atoms with E-state index in [-0.39, 0.29) is 0 Å². The van der Waals surface area contributed by atoms with Crippen LogP contribution in [-0.2, 0) is 16.7 Å². The molecule has 0 atom stereocenters. The molecule has 0 aliphatic heterocycles. The zero-order valence-corrected chi connectivity index (χ0v) is 19.4. The maximum absolute atomic E-state index is 10.7. The Morgan fingerprint density at radius 2 is 1.55 bits per heavy atom. The molecule has 0 amide bonds. The average Bonchev–Trinajstić information content (AvgIpc) is 2.54. The number of rotatable bonds is 4. The highest BCUT2D eigenvalue weighted by molar-refractivity contribution is 7.86. The minimum atomic E-state index is -6.09. The van der Waals surface area contributed by atoms with Crippen molar-refractivity contribution in [2.24, 2.45) is 0 Å². The largest absolute Gasteiger partial charge is 0.741 e. The van der Waals surface area contributed by atoms with Crippen molar-refractivity contribution < 1.29 is 30.7 Å². The zero-order chi connectivity index (χ0) is 23.0. The van der Waals surface area contributed by atoms with Crippen molar-refractivity contribution in [2.75, 3.05) is 0 Å². The third kappa shape index (κ3) is 7.50. The maximum Gasteiger partial charge on any atom is 0.485 e. The second-order valence-electron chi connectivity index (χ2n) is 7.46. The smallest absolute Gasteiger partial charge is 0.485 e. The highest BCUT2D eigenvalue weighted by Gasteiger charge is 2.42. The number of terminal acetylenes is 1. The molecule has 0 aliphatic rings. The molecule has 0 fully saturated rings. The summed E-state index contributed by atoms with van der Waals surface area (Å²) < 4.78 is 61.0. The molecule has 0 bridgehead atoms. The number of halogens is 3. The fourth-order valence-electron chi connectivity index (χ4n) is 3.43. The van der Waals surface area contributed by atoms with Gasteiger partial charge in [-0.3, -0.25) is 0 Å². The fourth-order valence-corrected chi connectivity index (χ4v) is 8.64. The standard InChI is InChI=1S/C19H28NSi.CHF3O3S/c1-8-13-20-14-10-9-11-19(20)12-15-21(16(2)3,17(4)5)18(6)7;2-1(3,4)8(5,6)7/h1,9-11,14,16-18H,13H2,2-7H3;(H,5,6,7)/q+1;/p-1. The number of hydrogen-bond acceptors (Lipinski definition) is 3. The molecule has 29 heavy (non-hydrogen) atoms. The first-order valence-electron chi connectivity index (χ1n) is 9.08. The molecule has 0 aromatic carbocycles. The first kappa shape index (κ1) is 27.2. The summed E-state index contributed by atoms with van der Waals surface area (Å²) in [5.41, 5.74) is 1.07. The van der Waals surface area contributed by atoms with Gasteiger partial charge in [0.05, 0.1) is 0 Å². The lowest BCUT2D eigenvalue weighted by molar-refractivity contribution is -0.687. The van der Waals surface area contributed by atoms with Crippen molar-refractivity contribution in [2.45, 2.75) is 70.2 Å². The molecule has 0 saturated heterocycles. The maximum atomic E-state index is 10.7. The number of nitrogens with zero attached hydrogens (tertiary/aromatic N) is 1. The summed E-state index contributed by atoms with van der Waals surface area (Å²) in [6, 6.07) is 6.09. The van der Waals surface area contributed by atoms with Gasteiger partial charge in [0.1, 0.15) is 8.07 Å². The van der Waals surface area contributed by atoms with E-state index in [1.54, 1.807) is 0 Å². The van der Waals surface area contributed by atoms with Gasteiger partial charge in [-0.05, 0) is 34.5 Å². The summed E-state index contributed by atoms with van der Waals surface area (Å²) in [6.07, 6.45) is 7.45. The normalized spacial score (nSPS) is 12.1. The molecule has 0 spiro atoms. The molecule has 0 aliphatic carbocycles. The SMILES string of the molecule is C#CC[n+]1ccccc1C#C[Si](C(C)C)(C(C)C)C(C)C.O=S(=O)([O-])C(F)(F)F. The highest BCUT2D eigenvalue weighted by atomic mass is 32.2. The van der Waals surface area contributed by atoms with Gasteiger partial charge in [-0.2, -0.15) is 17.7 Å². The molecule has 4 nitrogen and oxygen atoms in total. The number of hydrogen-bond donors (Lipinski definition) is 0. The molecule has 0 saturated carbocycles. The molecule has 1 aromatic rings. The average molecular weight is 448 g/mol. The van der Waals surface area contributed by atoms with E-state index in [4.69, 9.17) is 19.4 Å². The van der Waals surface area contributed by atoms with Gasteiger partial charge in [0, 0.05) is 12.1 Å². The van der Waals surface area contributed by atoms with Crippen LogP contribution in [0.2, 0.25) is 16.6 Å². The lowest BCUT2D eigenvalue weighted by Crippen LogP contribution is -2.43. The van der Waals surface area contributed by atoms with Gasteiger partial charge in [-0.1, -0.05) is 41.5 Å². The molecule has 9 heteroatoms. The monoisotopic (exact) mass is 447 g/mol. The van der Waals surface area contributed by atoms with Crippen LogP contribution >= 0.6 is 0 Å². The lowest BCUT2D eigenvalue weighted by atomic mass is 10.3. The molecule has 1 aromatic heterocycles. The third-order valence-corrected chi connectivity index (χ3v) is 11.6. The second-order valence-corrected chi connectivity index (χ2v) is 14.4. The van der Waals surface area contributed by atoms with Crippen molar-refractivity contribution in [3.8, 4) is 23.8 Å². The van der Waals surface area contributed by atoms with E-state index in [2.05, 4.69) is 65.0 Å². The van der Waals surface area contributed by atoms with Crippen LogP contribution in [-0.4, -0.2) is 26.6 Å².